The maximum atomic E-state index is 12.5. The number of hydrogen-bond donors (Lipinski definition) is 2. The fraction of sp³-hybridized carbons (Fsp3) is 0.0625. The average molecular weight is 399 g/mol. The molecule has 10 heteroatoms. The van der Waals surface area contributed by atoms with Gasteiger partial charge in [-0.15, -0.1) is 11.3 Å². The molecular weight excluding hydrogens is 387 g/mol. The van der Waals surface area contributed by atoms with Crippen molar-refractivity contribution in [2.45, 2.75) is 10.4 Å². The second-order valence-corrected chi connectivity index (χ2v) is 8.03. The lowest BCUT2D eigenvalue weighted by atomic mass is 10.2. The van der Waals surface area contributed by atoms with Gasteiger partial charge < -0.3 is 5.32 Å². The number of sulfonamides is 1. The van der Waals surface area contributed by atoms with E-state index in [1.165, 1.54) is 30.5 Å². The van der Waals surface area contributed by atoms with Crippen molar-refractivity contribution in [3.05, 3.63) is 65.7 Å². The molecule has 0 saturated carbocycles. The molecule has 0 spiro atoms. The number of aromatic nitrogens is 1. The van der Waals surface area contributed by atoms with E-state index in [1.807, 2.05) is 0 Å². The van der Waals surface area contributed by atoms with Gasteiger partial charge in [0.2, 0.25) is 0 Å². The van der Waals surface area contributed by atoms with Crippen LogP contribution in [0.1, 0.15) is 5.56 Å². The molecule has 1 aromatic carbocycles. The van der Waals surface area contributed by atoms with Crippen LogP contribution in [0.3, 0.4) is 0 Å². The molecule has 3 rings (SSSR count). The van der Waals surface area contributed by atoms with Crippen LogP contribution in [-0.4, -0.2) is 13.4 Å². The highest BCUT2D eigenvalue weighted by Crippen LogP contribution is 2.30. The van der Waals surface area contributed by atoms with E-state index >= 15 is 0 Å². The summed E-state index contributed by atoms with van der Waals surface area (Å²) in [5.74, 6) is 0.136. The van der Waals surface area contributed by atoms with E-state index in [0.29, 0.717) is 11.4 Å². The summed E-state index contributed by atoms with van der Waals surface area (Å²) < 4.78 is 64.4. The van der Waals surface area contributed by atoms with Crippen molar-refractivity contribution in [2.24, 2.45) is 0 Å². The number of anilines is 3. The molecular formula is C16H12F3N3O2S2. The predicted molar refractivity (Wildman–Crippen MR) is 94.1 cm³/mol. The van der Waals surface area contributed by atoms with Crippen LogP contribution < -0.4 is 10.0 Å². The molecule has 0 bridgehead atoms. The van der Waals surface area contributed by atoms with Crippen LogP contribution in [0.5, 0.6) is 0 Å². The highest BCUT2D eigenvalue weighted by Gasteiger charge is 2.29. The van der Waals surface area contributed by atoms with Gasteiger partial charge >= 0.3 is 6.18 Å². The lowest BCUT2D eigenvalue weighted by molar-refractivity contribution is -0.137. The molecule has 0 saturated heterocycles. The van der Waals surface area contributed by atoms with Gasteiger partial charge in [-0.1, -0.05) is 6.07 Å². The number of pyridine rings is 1. The third-order valence-electron chi connectivity index (χ3n) is 3.26. The maximum absolute atomic E-state index is 12.5. The molecule has 2 heterocycles. The van der Waals surface area contributed by atoms with Crippen LogP contribution in [0.2, 0.25) is 0 Å². The second kappa shape index (κ2) is 6.96. The first-order chi connectivity index (χ1) is 12.2. The maximum Gasteiger partial charge on any atom is 0.416 e. The van der Waals surface area contributed by atoms with Gasteiger partial charge in [0.25, 0.3) is 10.0 Å². The van der Waals surface area contributed by atoms with Crippen molar-refractivity contribution >= 4 is 38.6 Å². The molecule has 2 aromatic heterocycles. The van der Waals surface area contributed by atoms with Crippen molar-refractivity contribution in [1.82, 2.24) is 4.98 Å². The largest absolute Gasteiger partial charge is 0.416 e. The van der Waals surface area contributed by atoms with Gasteiger partial charge in [-0.2, -0.15) is 13.2 Å². The monoisotopic (exact) mass is 399 g/mol. The molecule has 2 N–H and O–H groups in total. The average Bonchev–Trinajstić information content (AvgIpc) is 3.12. The molecule has 0 radical (unpaired) electrons. The van der Waals surface area contributed by atoms with Gasteiger partial charge in [0.15, 0.2) is 0 Å². The summed E-state index contributed by atoms with van der Waals surface area (Å²) in [6, 6.07) is 10.7. The van der Waals surface area contributed by atoms with Crippen molar-refractivity contribution in [3.8, 4) is 0 Å². The predicted octanol–water partition coefficient (Wildman–Crippen LogP) is 4.71. The lowest BCUT2D eigenvalue weighted by Gasteiger charge is -2.10. The lowest BCUT2D eigenvalue weighted by Crippen LogP contribution is -2.12. The van der Waals surface area contributed by atoms with E-state index in [9.17, 15) is 21.6 Å². The van der Waals surface area contributed by atoms with Crippen molar-refractivity contribution in [3.63, 3.8) is 0 Å². The fourth-order valence-corrected chi connectivity index (χ4v) is 4.04. The Morgan fingerprint density at radius 2 is 1.65 bits per heavy atom. The number of thiophene rings is 1. The number of nitrogens with zero attached hydrogens (tertiary/aromatic N) is 1. The van der Waals surface area contributed by atoms with Gasteiger partial charge in [0.05, 0.1) is 17.4 Å². The van der Waals surface area contributed by atoms with Crippen LogP contribution in [-0.2, 0) is 16.2 Å². The first kappa shape index (κ1) is 18.2. The quantitative estimate of drug-likeness (QED) is 0.652. The Morgan fingerprint density at radius 3 is 2.19 bits per heavy atom. The number of alkyl halides is 3. The first-order valence-electron chi connectivity index (χ1n) is 7.21. The molecule has 0 unspecified atom stereocenters. The molecule has 3 aromatic rings. The molecule has 26 heavy (non-hydrogen) atoms. The molecule has 0 amide bonds. The first-order valence-corrected chi connectivity index (χ1v) is 9.57. The summed E-state index contributed by atoms with van der Waals surface area (Å²) in [5.41, 5.74) is 0.218. The Morgan fingerprint density at radius 1 is 0.962 bits per heavy atom. The normalized spacial score (nSPS) is 12.0. The highest BCUT2D eigenvalue weighted by atomic mass is 32.2. The van der Waals surface area contributed by atoms with Crippen molar-refractivity contribution < 1.29 is 21.6 Å². The van der Waals surface area contributed by atoms with Crippen molar-refractivity contribution in [2.75, 3.05) is 10.0 Å². The molecule has 0 fully saturated rings. The molecule has 0 aliphatic rings. The number of halogens is 3. The Balaban J connectivity index is 1.68. The summed E-state index contributed by atoms with van der Waals surface area (Å²) in [6.07, 6.45) is -3.01. The topological polar surface area (TPSA) is 71.1 Å². The SMILES string of the molecule is O=S(=O)(Nc1ccc(Nc2ccc(C(F)(F)F)cc2)cn1)c1cccs1. The Labute approximate surface area is 151 Å². The second-order valence-electron chi connectivity index (χ2n) is 5.17. The molecule has 0 aliphatic carbocycles. The molecule has 5 nitrogen and oxygen atoms in total. The van der Waals surface area contributed by atoms with Crippen LogP contribution in [0.4, 0.5) is 30.4 Å². The minimum absolute atomic E-state index is 0.136. The molecule has 136 valence electrons. The minimum Gasteiger partial charge on any atom is -0.354 e. The summed E-state index contributed by atoms with van der Waals surface area (Å²) in [6.45, 7) is 0. The Kier molecular flexibility index (Phi) is 4.88. The van der Waals surface area contributed by atoms with E-state index in [4.69, 9.17) is 0 Å². The number of nitrogens with one attached hydrogen (secondary N) is 2. The number of rotatable bonds is 5. The third-order valence-corrected chi connectivity index (χ3v) is 6.02. The van der Waals surface area contributed by atoms with E-state index in [-0.39, 0.29) is 10.0 Å². The highest BCUT2D eigenvalue weighted by molar-refractivity contribution is 7.94. The summed E-state index contributed by atoms with van der Waals surface area (Å²) in [4.78, 5) is 4.00. The van der Waals surface area contributed by atoms with Gasteiger partial charge in [0, 0.05) is 5.69 Å². The standard InChI is InChI=1S/C16H12F3N3O2S2/c17-16(18,19)11-3-5-12(6-4-11)21-13-7-8-14(20-10-13)22-26(23,24)15-2-1-9-25-15/h1-10,21H,(H,20,22). The Bertz CT molecular complexity index is 969. The number of benzene rings is 1. The van der Waals surface area contributed by atoms with E-state index in [0.717, 1.165) is 23.5 Å². The van der Waals surface area contributed by atoms with E-state index in [2.05, 4.69) is 15.0 Å². The Hall–Kier alpha value is -2.59. The minimum atomic E-state index is -4.39. The summed E-state index contributed by atoms with van der Waals surface area (Å²) in [7, 11) is -3.68. The smallest absolute Gasteiger partial charge is 0.354 e. The fourth-order valence-electron chi connectivity index (χ4n) is 2.04. The zero-order valence-electron chi connectivity index (χ0n) is 13.0. The summed E-state index contributed by atoms with van der Waals surface area (Å²) >= 11 is 1.09. The van der Waals surface area contributed by atoms with Gasteiger partial charge in [-0.3, -0.25) is 4.72 Å². The number of hydrogen-bond acceptors (Lipinski definition) is 5. The van der Waals surface area contributed by atoms with Crippen LogP contribution in [0.25, 0.3) is 0 Å². The van der Waals surface area contributed by atoms with Crippen molar-refractivity contribution in [1.29, 1.82) is 0 Å². The van der Waals surface area contributed by atoms with E-state index < -0.39 is 21.8 Å². The zero-order valence-corrected chi connectivity index (χ0v) is 14.6. The molecule has 0 atom stereocenters. The third kappa shape index (κ3) is 4.33. The van der Waals surface area contributed by atoms with Crippen LogP contribution >= 0.6 is 11.3 Å². The molecule has 0 aliphatic heterocycles. The van der Waals surface area contributed by atoms with Gasteiger partial charge in [-0.05, 0) is 47.8 Å². The van der Waals surface area contributed by atoms with Crippen LogP contribution in [0.15, 0.2) is 64.3 Å². The zero-order chi connectivity index (χ0) is 18.8. The van der Waals surface area contributed by atoms with E-state index in [1.54, 1.807) is 17.5 Å². The summed E-state index contributed by atoms with van der Waals surface area (Å²) in [5, 5.41) is 4.55. The van der Waals surface area contributed by atoms with Gasteiger partial charge in [-0.25, -0.2) is 13.4 Å². The van der Waals surface area contributed by atoms with Gasteiger partial charge in [0.1, 0.15) is 10.0 Å². The van der Waals surface area contributed by atoms with Crippen LogP contribution in [0, 0.1) is 0 Å².